The van der Waals surface area contributed by atoms with Gasteiger partial charge in [0.2, 0.25) is 0 Å². The summed E-state index contributed by atoms with van der Waals surface area (Å²) in [5.41, 5.74) is 0.382. The summed E-state index contributed by atoms with van der Waals surface area (Å²) in [5, 5.41) is 9.55. The minimum atomic E-state index is -0.651. The number of piperidine rings is 1. The quantitative estimate of drug-likeness (QED) is 0.879. The molecule has 104 valence electrons. The Morgan fingerprint density at radius 1 is 1.58 bits per heavy atom. The Bertz CT molecular complexity index is 420. The lowest BCUT2D eigenvalue weighted by Gasteiger charge is -2.39. The van der Waals surface area contributed by atoms with Gasteiger partial charge in [-0.05, 0) is 31.9 Å². The van der Waals surface area contributed by atoms with Crippen LogP contribution in [0.5, 0.6) is 0 Å². The maximum Gasteiger partial charge on any atom is 0.310 e. The van der Waals surface area contributed by atoms with E-state index in [-0.39, 0.29) is 0 Å². The fourth-order valence-electron chi connectivity index (χ4n) is 2.97. The predicted molar refractivity (Wildman–Crippen MR) is 71.5 cm³/mol. The highest BCUT2D eigenvalue weighted by Crippen LogP contribution is 2.35. The molecule has 1 aromatic rings. The topological polar surface area (TPSA) is 66.3 Å². The lowest BCUT2D eigenvalue weighted by Crippen LogP contribution is -2.47. The Labute approximate surface area is 113 Å². The second-order valence-electron chi connectivity index (χ2n) is 5.35. The van der Waals surface area contributed by atoms with Crippen molar-refractivity contribution in [3.8, 4) is 0 Å². The molecule has 5 nitrogen and oxygen atoms in total. The Balaban J connectivity index is 2.05. The number of hydrogen-bond acceptors (Lipinski definition) is 4. The summed E-state index contributed by atoms with van der Waals surface area (Å²) in [7, 11) is 0. The van der Waals surface area contributed by atoms with Gasteiger partial charge in [0.15, 0.2) is 0 Å². The number of carboxylic acids is 1. The van der Waals surface area contributed by atoms with Crippen LogP contribution in [0.25, 0.3) is 0 Å². The van der Waals surface area contributed by atoms with Gasteiger partial charge in [0.1, 0.15) is 6.33 Å². The number of likely N-dealkylation sites (tertiary alicyclic amines) is 1. The van der Waals surface area contributed by atoms with E-state index in [1.165, 1.54) is 6.33 Å². The van der Waals surface area contributed by atoms with E-state index in [1.54, 1.807) is 6.20 Å². The summed E-state index contributed by atoms with van der Waals surface area (Å²) in [6.45, 7) is 4.33. The molecule has 1 N–H and O–H groups in total. The maximum atomic E-state index is 11.6. The summed E-state index contributed by atoms with van der Waals surface area (Å²) >= 11 is 0. The highest BCUT2D eigenvalue weighted by Gasteiger charge is 2.41. The van der Waals surface area contributed by atoms with Crippen molar-refractivity contribution >= 4 is 5.97 Å². The van der Waals surface area contributed by atoms with E-state index in [0.29, 0.717) is 13.1 Å². The van der Waals surface area contributed by atoms with E-state index in [4.69, 9.17) is 0 Å². The minimum absolute atomic E-state index is 0.569. The molecule has 0 amide bonds. The zero-order chi connectivity index (χ0) is 13.7. The minimum Gasteiger partial charge on any atom is -0.481 e. The van der Waals surface area contributed by atoms with Gasteiger partial charge in [0.05, 0.1) is 11.1 Å². The summed E-state index contributed by atoms with van der Waals surface area (Å²) in [6, 6.07) is 1.89. The molecule has 2 heterocycles. The predicted octanol–water partition coefficient (Wildman–Crippen LogP) is 1.94. The maximum absolute atomic E-state index is 11.6. The largest absolute Gasteiger partial charge is 0.481 e. The first-order valence-electron chi connectivity index (χ1n) is 6.87. The van der Waals surface area contributed by atoms with Crippen molar-refractivity contribution in [3.05, 3.63) is 24.3 Å². The van der Waals surface area contributed by atoms with Gasteiger partial charge < -0.3 is 5.11 Å². The fourth-order valence-corrected chi connectivity index (χ4v) is 2.97. The van der Waals surface area contributed by atoms with E-state index in [1.807, 2.05) is 13.0 Å². The average molecular weight is 263 g/mol. The first-order valence-corrected chi connectivity index (χ1v) is 6.87. The second kappa shape index (κ2) is 6.10. The number of aromatic nitrogens is 2. The number of rotatable bonds is 5. The highest BCUT2D eigenvalue weighted by atomic mass is 16.4. The molecule has 0 saturated carbocycles. The molecule has 0 spiro atoms. The molecule has 1 saturated heterocycles. The Morgan fingerprint density at radius 3 is 3.05 bits per heavy atom. The van der Waals surface area contributed by atoms with Gasteiger partial charge >= 0.3 is 5.97 Å². The molecule has 1 unspecified atom stereocenters. The first-order chi connectivity index (χ1) is 9.16. The van der Waals surface area contributed by atoms with Crippen LogP contribution in [0.4, 0.5) is 0 Å². The average Bonchev–Trinajstić information content (AvgIpc) is 2.40. The van der Waals surface area contributed by atoms with Crippen molar-refractivity contribution in [1.82, 2.24) is 14.9 Å². The summed E-state index contributed by atoms with van der Waals surface area (Å²) in [4.78, 5) is 21.9. The van der Waals surface area contributed by atoms with E-state index in [0.717, 1.165) is 37.9 Å². The Morgan fingerprint density at radius 2 is 2.42 bits per heavy atom. The van der Waals surface area contributed by atoms with Crippen LogP contribution in [0, 0.1) is 5.41 Å². The monoisotopic (exact) mass is 263 g/mol. The van der Waals surface area contributed by atoms with E-state index in [9.17, 15) is 9.90 Å². The molecule has 0 radical (unpaired) electrons. The van der Waals surface area contributed by atoms with Crippen LogP contribution >= 0.6 is 0 Å². The molecule has 0 bridgehead atoms. The molecule has 1 aromatic heterocycles. The van der Waals surface area contributed by atoms with Crippen molar-refractivity contribution in [1.29, 1.82) is 0 Å². The van der Waals surface area contributed by atoms with Crippen molar-refractivity contribution < 1.29 is 9.90 Å². The molecule has 1 aliphatic rings. The van der Waals surface area contributed by atoms with E-state index in [2.05, 4.69) is 14.9 Å². The molecule has 5 heteroatoms. The van der Waals surface area contributed by atoms with Gasteiger partial charge in [-0.1, -0.05) is 13.3 Å². The van der Waals surface area contributed by atoms with Gasteiger partial charge in [-0.15, -0.1) is 0 Å². The number of hydrogen-bond donors (Lipinski definition) is 1. The van der Waals surface area contributed by atoms with Gasteiger partial charge in [0, 0.05) is 19.3 Å². The molecule has 19 heavy (non-hydrogen) atoms. The zero-order valence-corrected chi connectivity index (χ0v) is 11.4. The smallest absolute Gasteiger partial charge is 0.310 e. The zero-order valence-electron chi connectivity index (χ0n) is 11.4. The molecule has 1 aliphatic heterocycles. The van der Waals surface area contributed by atoms with Crippen LogP contribution < -0.4 is 0 Å². The molecule has 1 fully saturated rings. The number of carboxylic acid groups (broad SMARTS) is 1. The molecule has 1 atom stereocenters. The molecule has 2 rings (SSSR count). The number of carbonyl (C=O) groups is 1. The fraction of sp³-hybridized carbons (Fsp3) is 0.643. The van der Waals surface area contributed by atoms with E-state index >= 15 is 0 Å². The van der Waals surface area contributed by atoms with Crippen LogP contribution in [0.3, 0.4) is 0 Å². The molecular formula is C14H21N3O2. The van der Waals surface area contributed by atoms with Gasteiger partial charge in [0.25, 0.3) is 0 Å². The molecule has 0 aliphatic carbocycles. The van der Waals surface area contributed by atoms with Gasteiger partial charge in [-0.3, -0.25) is 9.69 Å². The number of nitrogens with zero attached hydrogens (tertiary/aromatic N) is 3. The van der Waals surface area contributed by atoms with Crippen LogP contribution in [-0.2, 0) is 11.3 Å². The van der Waals surface area contributed by atoms with Gasteiger partial charge in [-0.2, -0.15) is 0 Å². The summed E-state index contributed by atoms with van der Waals surface area (Å²) < 4.78 is 0. The van der Waals surface area contributed by atoms with Crippen LogP contribution in [-0.4, -0.2) is 39.0 Å². The van der Waals surface area contributed by atoms with Crippen molar-refractivity contribution in [2.45, 2.75) is 39.2 Å². The molecular weight excluding hydrogens is 242 g/mol. The normalized spacial score (nSPS) is 24.3. The third-order valence-corrected chi connectivity index (χ3v) is 3.87. The lowest BCUT2D eigenvalue weighted by molar-refractivity contribution is -0.153. The highest BCUT2D eigenvalue weighted by molar-refractivity contribution is 5.75. The van der Waals surface area contributed by atoms with Crippen molar-refractivity contribution in [3.63, 3.8) is 0 Å². The second-order valence-corrected chi connectivity index (χ2v) is 5.35. The van der Waals surface area contributed by atoms with Gasteiger partial charge in [-0.25, -0.2) is 9.97 Å². The standard InChI is InChI=1S/C14H21N3O2/c1-2-5-14(13(18)19)6-3-8-17(10-14)9-12-4-7-15-11-16-12/h4,7,11H,2-3,5-6,8-10H2,1H3,(H,18,19). The lowest BCUT2D eigenvalue weighted by atomic mass is 9.76. The number of aliphatic carboxylic acids is 1. The molecule has 0 aromatic carbocycles. The van der Waals surface area contributed by atoms with Crippen LogP contribution in [0.1, 0.15) is 38.3 Å². The van der Waals surface area contributed by atoms with Crippen LogP contribution in [0.2, 0.25) is 0 Å². The first kappa shape index (κ1) is 13.9. The summed E-state index contributed by atoms with van der Waals surface area (Å²) in [5.74, 6) is -0.651. The Hall–Kier alpha value is -1.49. The third-order valence-electron chi connectivity index (χ3n) is 3.87. The van der Waals surface area contributed by atoms with Crippen molar-refractivity contribution in [2.24, 2.45) is 5.41 Å². The van der Waals surface area contributed by atoms with Crippen molar-refractivity contribution in [2.75, 3.05) is 13.1 Å². The van der Waals surface area contributed by atoms with E-state index < -0.39 is 11.4 Å². The summed E-state index contributed by atoms with van der Waals surface area (Å²) in [6.07, 6.45) is 6.66. The third kappa shape index (κ3) is 3.29. The Kier molecular flexibility index (Phi) is 4.47. The van der Waals surface area contributed by atoms with Crippen LogP contribution in [0.15, 0.2) is 18.6 Å². The SMILES string of the molecule is CCCC1(C(=O)O)CCCN(Cc2ccncn2)C1.